The van der Waals surface area contributed by atoms with E-state index in [2.05, 4.69) is 0 Å². The predicted octanol–water partition coefficient (Wildman–Crippen LogP) is 4.08. The third-order valence-corrected chi connectivity index (χ3v) is 3.41. The summed E-state index contributed by atoms with van der Waals surface area (Å²) < 4.78 is 1.09. The molecule has 0 aliphatic rings. The molecule has 0 saturated heterocycles. The molecule has 0 spiro atoms. The number of halogens is 1. The van der Waals surface area contributed by atoms with Gasteiger partial charge in [-0.2, -0.15) is 0 Å². The third kappa shape index (κ3) is 1.60. The van der Waals surface area contributed by atoms with Gasteiger partial charge < -0.3 is 5.11 Å². The number of rotatable bonds is 1. The van der Waals surface area contributed by atoms with Crippen LogP contribution in [0.4, 0.5) is 0 Å². The van der Waals surface area contributed by atoms with Crippen molar-refractivity contribution in [3.8, 4) is 5.75 Å². The smallest absolute Gasteiger partial charge is 0.134 e. The summed E-state index contributed by atoms with van der Waals surface area (Å²) >= 11 is 7.74. The van der Waals surface area contributed by atoms with Gasteiger partial charge in [0.2, 0.25) is 0 Å². The van der Waals surface area contributed by atoms with Crippen LogP contribution in [0, 0.1) is 0 Å². The third-order valence-electron chi connectivity index (χ3n) is 2.24. The highest BCUT2D eigenvalue weighted by Gasteiger charge is 2.17. The van der Waals surface area contributed by atoms with Gasteiger partial charge in [-0.1, -0.05) is 6.07 Å². The molecule has 0 aliphatic carbocycles. The molecule has 74 valence electrons. The monoisotopic (exact) mass is 226 g/mol. The number of alkyl halides is 1. The average molecular weight is 227 g/mol. The lowest BCUT2D eigenvalue weighted by Crippen LogP contribution is -2.06. The van der Waals surface area contributed by atoms with Crippen LogP contribution in [-0.4, -0.2) is 5.11 Å². The Morgan fingerprint density at radius 3 is 2.71 bits per heavy atom. The highest BCUT2D eigenvalue weighted by Crippen LogP contribution is 2.36. The van der Waals surface area contributed by atoms with Gasteiger partial charge in [-0.3, -0.25) is 0 Å². The second-order valence-corrected chi connectivity index (χ2v) is 5.66. The minimum absolute atomic E-state index is 0.341. The van der Waals surface area contributed by atoms with E-state index >= 15 is 0 Å². The van der Waals surface area contributed by atoms with Gasteiger partial charge in [0.1, 0.15) is 5.75 Å². The fourth-order valence-corrected chi connectivity index (χ4v) is 2.31. The normalized spacial score (nSPS) is 12.2. The van der Waals surface area contributed by atoms with Crippen LogP contribution < -0.4 is 0 Å². The molecule has 0 unspecified atom stereocenters. The topological polar surface area (TPSA) is 20.2 Å². The van der Waals surface area contributed by atoms with Crippen molar-refractivity contribution >= 4 is 33.0 Å². The predicted molar refractivity (Wildman–Crippen MR) is 62.4 cm³/mol. The molecule has 2 aromatic rings. The fourth-order valence-electron chi connectivity index (χ4n) is 1.39. The summed E-state index contributed by atoms with van der Waals surface area (Å²) in [6.45, 7) is 3.89. The van der Waals surface area contributed by atoms with Crippen molar-refractivity contribution in [2.75, 3.05) is 0 Å². The van der Waals surface area contributed by atoms with Gasteiger partial charge in [0.25, 0.3) is 0 Å². The molecular weight excluding hydrogens is 216 g/mol. The fraction of sp³-hybridized carbons (Fsp3) is 0.273. The summed E-state index contributed by atoms with van der Waals surface area (Å²) in [5.74, 6) is 0.341. The Bertz CT molecular complexity index is 468. The van der Waals surface area contributed by atoms with Crippen LogP contribution in [0.2, 0.25) is 0 Å². The lowest BCUT2D eigenvalue weighted by molar-refractivity contribution is 0.483. The van der Waals surface area contributed by atoms with Gasteiger partial charge >= 0.3 is 0 Å². The molecule has 1 heterocycles. The van der Waals surface area contributed by atoms with Gasteiger partial charge in [-0.25, -0.2) is 0 Å². The van der Waals surface area contributed by atoms with Crippen molar-refractivity contribution in [3.63, 3.8) is 0 Å². The summed E-state index contributed by atoms with van der Waals surface area (Å²) in [6.07, 6.45) is 0. The summed E-state index contributed by atoms with van der Waals surface area (Å²) in [6, 6.07) is 5.96. The quantitative estimate of drug-likeness (QED) is 0.727. The molecule has 1 nitrogen and oxygen atoms in total. The van der Waals surface area contributed by atoms with Crippen LogP contribution >= 0.6 is 22.9 Å². The Morgan fingerprint density at radius 2 is 2.07 bits per heavy atom. The molecular formula is C11H11ClOS. The van der Waals surface area contributed by atoms with Crippen molar-refractivity contribution < 1.29 is 5.11 Å². The molecule has 0 amide bonds. The van der Waals surface area contributed by atoms with Crippen LogP contribution in [0.15, 0.2) is 23.6 Å². The van der Waals surface area contributed by atoms with E-state index in [1.165, 1.54) is 0 Å². The molecule has 0 fully saturated rings. The van der Waals surface area contributed by atoms with Crippen LogP contribution in [-0.2, 0) is 4.87 Å². The second-order valence-electron chi connectivity index (χ2n) is 3.80. The van der Waals surface area contributed by atoms with Gasteiger partial charge in [-0.15, -0.1) is 22.9 Å². The molecule has 0 saturated carbocycles. The Morgan fingerprint density at radius 1 is 1.36 bits per heavy atom. The summed E-state index contributed by atoms with van der Waals surface area (Å²) in [7, 11) is 0. The van der Waals surface area contributed by atoms with E-state index in [1.54, 1.807) is 16.7 Å². The summed E-state index contributed by atoms with van der Waals surface area (Å²) in [4.78, 5) is -0.386. The van der Waals surface area contributed by atoms with Gasteiger partial charge in [0.05, 0.1) is 4.87 Å². The largest absolute Gasteiger partial charge is 0.506 e. The molecule has 2 rings (SSSR count). The molecule has 0 radical (unpaired) electrons. The standard InChI is InChI=1S/C11H11ClOS/c1-11(2,12)7-3-4-10-8(5-7)9(13)6-14-10/h3-6,13H,1-2H3. The zero-order chi connectivity index (χ0) is 10.3. The molecule has 3 heteroatoms. The van der Waals surface area contributed by atoms with E-state index in [-0.39, 0.29) is 4.87 Å². The lowest BCUT2D eigenvalue weighted by atomic mass is 10.0. The first-order valence-corrected chi connectivity index (χ1v) is 5.64. The number of benzene rings is 1. The minimum atomic E-state index is -0.386. The van der Waals surface area contributed by atoms with Crippen molar-refractivity contribution in [1.82, 2.24) is 0 Å². The maximum absolute atomic E-state index is 9.57. The van der Waals surface area contributed by atoms with Gasteiger partial charge in [0, 0.05) is 15.5 Å². The van der Waals surface area contributed by atoms with E-state index in [0.717, 1.165) is 15.6 Å². The van der Waals surface area contributed by atoms with Crippen molar-refractivity contribution in [2.24, 2.45) is 0 Å². The highest BCUT2D eigenvalue weighted by molar-refractivity contribution is 7.17. The number of hydrogen-bond donors (Lipinski definition) is 1. The van der Waals surface area contributed by atoms with Crippen LogP contribution in [0.5, 0.6) is 5.75 Å². The van der Waals surface area contributed by atoms with Crippen LogP contribution in [0.1, 0.15) is 19.4 Å². The minimum Gasteiger partial charge on any atom is -0.506 e. The first kappa shape index (κ1) is 9.81. The first-order chi connectivity index (χ1) is 6.48. The molecule has 0 bridgehead atoms. The molecule has 14 heavy (non-hydrogen) atoms. The van der Waals surface area contributed by atoms with Gasteiger partial charge in [0.15, 0.2) is 0 Å². The van der Waals surface area contributed by atoms with E-state index in [0.29, 0.717) is 5.75 Å². The maximum atomic E-state index is 9.57. The van der Waals surface area contributed by atoms with E-state index < -0.39 is 0 Å². The molecule has 1 aromatic carbocycles. The second kappa shape index (κ2) is 3.14. The molecule has 0 aliphatic heterocycles. The van der Waals surface area contributed by atoms with Crippen LogP contribution in [0.25, 0.3) is 10.1 Å². The van der Waals surface area contributed by atoms with E-state index in [9.17, 15) is 5.11 Å². The van der Waals surface area contributed by atoms with Crippen molar-refractivity contribution in [2.45, 2.75) is 18.7 Å². The Labute approximate surface area is 91.9 Å². The molecule has 0 atom stereocenters. The molecule has 1 aromatic heterocycles. The Kier molecular flexibility index (Phi) is 2.20. The zero-order valence-corrected chi connectivity index (χ0v) is 9.62. The number of hydrogen-bond acceptors (Lipinski definition) is 2. The first-order valence-electron chi connectivity index (χ1n) is 4.38. The number of fused-ring (bicyclic) bond motifs is 1. The Balaban J connectivity index is 2.66. The maximum Gasteiger partial charge on any atom is 0.134 e. The van der Waals surface area contributed by atoms with E-state index in [4.69, 9.17) is 11.6 Å². The summed E-state index contributed by atoms with van der Waals surface area (Å²) in [5.41, 5.74) is 1.03. The van der Waals surface area contributed by atoms with Crippen molar-refractivity contribution in [3.05, 3.63) is 29.1 Å². The number of thiophene rings is 1. The highest BCUT2D eigenvalue weighted by atomic mass is 35.5. The average Bonchev–Trinajstić information content (AvgIpc) is 2.46. The SMILES string of the molecule is CC(C)(Cl)c1ccc2scc(O)c2c1. The number of aromatic hydroxyl groups is 1. The lowest BCUT2D eigenvalue weighted by Gasteiger charge is -2.16. The Hall–Kier alpha value is -0.730. The van der Waals surface area contributed by atoms with Crippen LogP contribution in [0.3, 0.4) is 0 Å². The van der Waals surface area contributed by atoms with Gasteiger partial charge in [-0.05, 0) is 31.5 Å². The molecule has 1 N–H and O–H groups in total. The zero-order valence-electron chi connectivity index (χ0n) is 8.04. The van der Waals surface area contributed by atoms with Crippen molar-refractivity contribution in [1.29, 1.82) is 0 Å². The van der Waals surface area contributed by atoms with E-state index in [1.807, 2.05) is 32.0 Å². The summed E-state index contributed by atoms with van der Waals surface area (Å²) in [5, 5.41) is 12.2.